The molecule has 0 bridgehead atoms. The lowest BCUT2D eigenvalue weighted by Gasteiger charge is -2.32. The Labute approximate surface area is 206 Å². The van der Waals surface area contributed by atoms with Crippen LogP contribution in [0.25, 0.3) is 11.2 Å². The Balaban J connectivity index is 1.81. The quantitative estimate of drug-likeness (QED) is 0.262. The van der Waals surface area contributed by atoms with Crippen LogP contribution < -0.4 is 10.6 Å². The van der Waals surface area contributed by atoms with Gasteiger partial charge in [-0.15, -0.1) is 0 Å². The van der Waals surface area contributed by atoms with E-state index in [-0.39, 0.29) is 30.2 Å². The number of carboxylic acid groups (broad SMARTS) is 1. The molecular formula is C25H39N7O3. The van der Waals surface area contributed by atoms with Gasteiger partial charge in [0.15, 0.2) is 23.1 Å². The number of amides is 1. The first-order valence-corrected chi connectivity index (χ1v) is 13.0. The summed E-state index contributed by atoms with van der Waals surface area (Å²) >= 11 is 0. The van der Waals surface area contributed by atoms with Gasteiger partial charge in [-0.05, 0) is 56.8 Å². The summed E-state index contributed by atoms with van der Waals surface area (Å²) in [6.07, 6.45) is 7.70. The van der Waals surface area contributed by atoms with Crippen molar-refractivity contribution in [3.63, 3.8) is 0 Å². The number of hydrogen-bond acceptors (Lipinski definition) is 7. The van der Waals surface area contributed by atoms with Crippen LogP contribution in [0.4, 0.5) is 10.6 Å². The monoisotopic (exact) mass is 485 g/mol. The molecule has 0 radical (unpaired) electrons. The molecule has 2 saturated carbocycles. The lowest BCUT2D eigenvalue weighted by Crippen LogP contribution is -2.33. The third-order valence-electron chi connectivity index (χ3n) is 7.96. The molecule has 10 heteroatoms. The maximum absolute atomic E-state index is 11.1. The van der Waals surface area contributed by atoms with E-state index in [0.717, 1.165) is 43.1 Å². The number of anilines is 1. The molecule has 0 spiro atoms. The van der Waals surface area contributed by atoms with Crippen LogP contribution >= 0.6 is 0 Å². The molecule has 0 aliphatic heterocycles. The zero-order valence-electron chi connectivity index (χ0n) is 21.0. The number of nitrogens with one attached hydrogen (secondary N) is 3. The average Bonchev–Trinajstić information content (AvgIpc) is 3.12. The molecule has 0 aromatic carbocycles. The zero-order valence-corrected chi connectivity index (χ0v) is 21.0. The minimum absolute atomic E-state index is 0.0112. The molecule has 4 rings (SSSR count). The Morgan fingerprint density at radius 2 is 1.89 bits per heavy atom. The molecule has 0 saturated heterocycles. The van der Waals surface area contributed by atoms with Crippen molar-refractivity contribution < 1.29 is 15.0 Å². The summed E-state index contributed by atoms with van der Waals surface area (Å²) in [4.78, 5) is 25.1. The highest BCUT2D eigenvalue weighted by Gasteiger charge is 2.29. The van der Waals surface area contributed by atoms with E-state index in [9.17, 15) is 9.90 Å². The summed E-state index contributed by atoms with van der Waals surface area (Å²) in [5, 5.41) is 33.0. The summed E-state index contributed by atoms with van der Waals surface area (Å²) in [6.45, 7) is 7.26. The van der Waals surface area contributed by atoms with Crippen LogP contribution in [0.1, 0.15) is 89.7 Å². The number of aliphatic hydroxyl groups excluding tert-OH is 1. The average molecular weight is 486 g/mol. The second-order valence-corrected chi connectivity index (χ2v) is 10.5. The highest BCUT2D eigenvalue weighted by atomic mass is 16.4. The molecule has 35 heavy (non-hydrogen) atoms. The van der Waals surface area contributed by atoms with Gasteiger partial charge < -0.3 is 20.1 Å². The van der Waals surface area contributed by atoms with Crippen molar-refractivity contribution >= 4 is 28.9 Å². The Kier molecular flexibility index (Phi) is 7.88. The molecule has 1 unspecified atom stereocenters. The molecule has 2 aliphatic carbocycles. The Morgan fingerprint density at radius 3 is 2.46 bits per heavy atom. The fourth-order valence-electron chi connectivity index (χ4n) is 5.36. The standard InChI is InChI=1S/C25H39N7O3/c1-4-17(13-33)24-31-22-19(32(24)12-16-10-8-14(2)9-11-16)21(27-15(3)18-6-5-7-18)29-23(30-22)20(26)28-25(34)35/h14-18,33H,4-13H2,1-3H3,(H2,26,28)(H,34,35)(H,27,29,30)/t14-,15-,16-,17?/m1/s1. The van der Waals surface area contributed by atoms with Crippen molar-refractivity contribution in [1.29, 1.82) is 5.41 Å². The van der Waals surface area contributed by atoms with E-state index in [0.29, 0.717) is 23.3 Å². The van der Waals surface area contributed by atoms with Gasteiger partial charge in [0.1, 0.15) is 11.3 Å². The zero-order chi connectivity index (χ0) is 25.1. The number of nitrogens with zero attached hydrogens (tertiary/aromatic N) is 4. The number of imidazole rings is 1. The molecule has 2 heterocycles. The van der Waals surface area contributed by atoms with Crippen molar-refractivity contribution in [2.45, 2.75) is 90.6 Å². The molecule has 5 N–H and O–H groups in total. The second kappa shape index (κ2) is 10.9. The summed E-state index contributed by atoms with van der Waals surface area (Å²) in [6, 6.07) is 0.179. The van der Waals surface area contributed by atoms with Crippen LogP contribution in [-0.4, -0.2) is 54.3 Å². The van der Waals surface area contributed by atoms with Gasteiger partial charge in [-0.1, -0.05) is 33.1 Å². The lowest BCUT2D eigenvalue weighted by molar-refractivity contribution is 0.200. The molecule has 2 aromatic heterocycles. The predicted molar refractivity (Wildman–Crippen MR) is 135 cm³/mol. The van der Waals surface area contributed by atoms with Gasteiger partial charge in [0.25, 0.3) is 0 Å². The molecular weight excluding hydrogens is 446 g/mol. The minimum Gasteiger partial charge on any atom is -0.465 e. The molecule has 2 aliphatic rings. The number of carbonyl (C=O) groups is 1. The summed E-state index contributed by atoms with van der Waals surface area (Å²) in [5.74, 6) is 2.66. The maximum atomic E-state index is 11.1. The van der Waals surface area contributed by atoms with Crippen molar-refractivity contribution in [3.05, 3.63) is 11.6 Å². The number of amidine groups is 1. The first-order valence-electron chi connectivity index (χ1n) is 13.0. The number of aromatic nitrogens is 4. The fraction of sp³-hybridized carbons (Fsp3) is 0.720. The summed E-state index contributed by atoms with van der Waals surface area (Å²) in [7, 11) is 0. The van der Waals surface area contributed by atoms with Crippen LogP contribution in [0.5, 0.6) is 0 Å². The van der Waals surface area contributed by atoms with Gasteiger partial charge in [0, 0.05) is 18.5 Å². The minimum atomic E-state index is -1.33. The summed E-state index contributed by atoms with van der Waals surface area (Å²) in [5.41, 5.74) is 1.21. The van der Waals surface area contributed by atoms with Gasteiger partial charge >= 0.3 is 6.09 Å². The van der Waals surface area contributed by atoms with Gasteiger partial charge in [0.05, 0.1) is 6.61 Å². The molecule has 2 aromatic rings. The third-order valence-corrected chi connectivity index (χ3v) is 7.96. The van der Waals surface area contributed by atoms with E-state index < -0.39 is 6.09 Å². The van der Waals surface area contributed by atoms with Crippen LogP contribution in [0.15, 0.2) is 0 Å². The molecule has 2 fully saturated rings. The van der Waals surface area contributed by atoms with Gasteiger partial charge in [-0.2, -0.15) is 0 Å². The van der Waals surface area contributed by atoms with Gasteiger partial charge in [-0.3, -0.25) is 10.7 Å². The maximum Gasteiger partial charge on any atom is 0.410 e. The normalized spacial score (nSPS) is 22.4. The largest absolute Gasteiger partial charge is 0.465 e. The van der Waals surface area contributed by atoms with E-state index in [1.165, 1.54) is 32.1 Å². The highest BCUT2D eigenvalue weighted by molar-refractivity contribution is 6.03. The van der Waals surface area contributed by atoms with E-state index in [1.54, 1.807) is 0 Å². The topological polar surface area (TPSA) is 149 Å². The lowest BCUT2D eigenvalue weighted by atomic mass is 9.80. The van der Waals surface area contributed by atoms with Crippen LogP contribution in [0.3, 0.4) is 0 Å². The predicted octanol–water partition coefficient (Wildman–Crippen LogP) is 4.33. The number of aliphatic hydroxyl groups is 1. The van der Waals surface area contributed by atoms with Crippen molar-refractivity contribution in [1.82, 2.24) is 24.8 Å². The van der Waals surface area contributed by atoms with Crippen LogP contribution in [0.2, 0.25) is 0 Å². The van der Waals surface area contributed by atoms with Crippen LogP contribution in [-0.2, 0) is 6.54 Å². The molecule has 2 atom stereocenters. The molecule has 192 valence electrons. The van der Waals surface area contributed by atoms with E-state index in [2.05, 4.69) is 39.0 Å². The molecule has 1 amide bonds. The smallest absolute Gasteiger partial charge is 0.410 e. The Bertz CT molecular complexity index is 1050. The first kappa shape index (κ1) is 25.3. The van der Waals surface area contributed by atoms with Crippen molar-refractivity contribution in [2.75, 3.05) is 11.9 Å². The fourth-order valence-corrected chi connectivity index (χ4v) is 5.36. The number of fused-ring (bicyclic) bond motifs is 1. The number of hydrogen-bond donors (Lipinski definition) is 5. The van der Waals surface area contributed by atoms with Gasteiger partial charge in [0.2, 0.25) is 0 Å². The summed E-state index contributed by atoms with van der Waals surface area (Å²) < 4.78 is 2.19. The first-order chi connectivity index (χ1) is 16.8. The third kappa shape index (κ3) is 5.58. The molecule has 10 nitrogen and oxygen atoms in total. The van der Waals surface area contributed by atoms with E-state index in [1.807, 2.05) is 6.92 Å². The SMILES string of the molecule is CCC(CO)c1nc2nc(C(=N)NC(=O)O)nc(N[C@H](C)C3CCC3)c2n1C[C@H]1CC[C@H](C)CC1. The Morgan fingerprint density at radius 1 is 1.17 bits per heavy atom. The van der Waals surface area contributed by atoms with Crippen molar-refractivity contribution in [3.8, 4) is 0 Å². The number of rotatable bonds is 9. The second-order valence-electron chi connectivity index (χ2n) is 10.5. The van der Waals surface area contributed by atoms with Crippen molar-refractivity contribution in [2.24, 2.45) is 17.8 Å². The highest BCUT2D eigenvalue weighted by Crippen LogP contribution is 2.35. The van der Waals surface area contributed by atoms with E-state index >= 15 is 0 Å². The van der Waals surface area contributed by atoms with Crippen LogP contribution in [0, 0.1) is 23.2 Å². The Hall–Kier alpha value is -2.75. The van der Waals surface area contributed by atoms with Gasteiger partial charge in [-0.25, -0.2) is 19.7 Å². The van der Waals surface area contributed by atoms with E-state index in [4.69, 9.17) is 15.5 Å².